The Morgan fingerprint density at radius 1 is 0.943 bits per heavy atom. The van der Waals surface area contributed by atoms with E-state index >= 15 is 0 Å². The average Bonchev–Trinajstić information content (AvgIpc) is 2.88. The van der Waals surface area contributed by atoms with E-state index in [0.29, 0.717) is 30.2 Å². The van der Waals surface area contributed by atoms with Crippen molar-refractivity contribution in [2.45, 2.75) is 50.1 Å². The quantitative estimate of drug-likeness (QED) is 0.215. The highest BCUT2D eigenvalue weighted by Gasteiger charge is 2.30. The number of carbonyl (C=O) groups excluding carboxylic acids is 2. The van der Waals surface area contributed by atoms with Crippen molar-refractivity contribution in [1.82, 2.24) is 10.2 Å². The second-order valence-electron chi connectivity index (χ2n) is 8.37. The van der Waals surface area contributed by atoms with E-state index in [9.17, 15) is 9.59 Å². The maximum Gasteiger partial charge on any atom is 0.243 e. The molecule has 3 aromatic rings. The van der Waals surface area contributed by atoms with Crippen LogP contribution in [0.2, 0.25) is 5.02 Å². The summed E-state index contributed by atoms with van der Waals surface area (Å²) in [6, 6.07) is 26.8. The molecule has 35 heavy (non-hydrogen) atoms. The number of rotatable bonds is 13. The van der Waals surface area contributed by atoms with Gasteiger partial charge in [0.25, 0.3) is 0 Å². The molecule has 2 amide bonds. The van der Waals surface area contributed by atoms with Gasteiger partial charge in [0.05, 0.1) is 0 Å². The predicted octanol–water partition coefficient (Wildman–Crippen LogP) is 6.38. The highest BCUT2D eigenvalue weighted by atomic mass is 35.5. The second-order valence-corrected chi connectivity index (χ2v) is 9.95. The van der Waals surface area contributed by atoms with Gasteiger partial charge in [0, 0.05) is 41.6 Å². The molecule has 0 saturated carbocycles. The van der Waals surface area contributed by atoms with Gasteiger partial charge in [0.1, 0.15) is 6.04 Å². The minimum absolute atomic E-state index is 0.0556. The molecule has 4 nitrogen and oxygen atoms in total. The van der Waals surface area contributed by atoms with Gasteiger partial charge in [-0.05, 0) is 35.7 Å². The fourth-order valence-corrected chi connectivity index (χ4v) is 4.84. The summed E-state index contributed by atoms with van der Waals surface area (Å²) in [6.45, 7) is 2.97. The van der Waals surface area contributed by atoms with Gasteiger partial charge in [-0.15, -0.1) is 11.8 Å². The van der Waals surface area contributed by atoms with E-state index in [1.807, 2.05) is 84.9 Å². The Kier molecular flexibility index (Phi) is 11.2. The Bertz CT molecular complexity index is 1060. The molecule has 1 atom stereocenters. The summed E-state index contributed by atoms with van der Waals surface area (Å²) >= 11 is 8.10. The number of hydrogen-bond donors (Lipinski definition) is 1. The number of thioether (sulfide) groups is 1. The van der Waals surface area contributed by atoms with E-state index in [1.54, 1.807) is 16.7 Å². The van der Waals surface area contributed by atoms with Crippen molar-refractivity contribution in [1.29, 1.82) is 0 Å². The topological polar surface area (TPSA) is 49.4 Å². The lowest BCUT2D eigenvalue weighted by molar-refractivity contribution is -0.141. The molecule has 0 heterocycles. The summed E-state index contributed by atoms with van der Waals surface area (Å²) in [7, 11) is 0. The van der Waals surface area contributed by atoms with Crippen LogP contribution in [-0.2, 0) is 22.6 Å². The predicted molar refractivity (Wildman–Crippen MR) is 146 cm³/mol. The maximum absolute atomic E-state index is 13.6. The molecular formula is C29H33ClN2O2S. The molecular weight excluding hydrogens is 476 g/mol. The van der Waals surface area contributed by atoms with Crippen molar-refractivity contribution < 1.29 is 9.59 Å². The third-order valence-corrected chi connectivity index (χ3v) is 7.11. The maximum atomic E-state index is 13.6. The van der Waals surface area contributed by atoms with Crippen LogP contribution < -0.4 is 5.32 Å². The first-order valence-corrected chi connectivity index (χ1v) is 13.5. The monoisotopic (exact) mass is 508 g/mol. The molecule has 184 valence electrons. The Morgan fingerprint density at radius 3 is 2.29 bits per heavy atom. The molecule has 0 aliphatic heterocycles. The van der Waals surface area contributed by atoms with E-state index < -0.39 is 6.04 Å². The Hall–Kier alpha value is -2.76. The summed E-state index contributed by atoms with van der Waals surface area (Å²) in [5.41, 5.74) is 1.84. The van der Waals surface area contributed by atoms with Crippen LogP contribution in [0.1, 0.15) is 37.3 Å². The molecule has 0 spiro atoms. The molecule has 0 bridgehead atoms. The normalized spacial score (nSPS) is 11.6. The Balaban J connectivity index is 1.84. The number of nitrogens with one attached hydrogen (secondary N) is 1. The van der Waals surface area contributed by atoms with Crippen molar-refractivity contribution in [3.63, 3.8) is 0 Å². The number of benzene rings is 3. The lowest BCUT2D eigenvalue weighted by Crippen LogP contribution is -2.50. The van der Waals surface area contributed by atoms with Crippen LogP contribution in [0.15, 0.2) is 89.8 Å². The van der Waals surface area contributed by atoms with E-state index in [0.717, 1.165) is 28.9 Å². The number of hydrogen-bond acceptors (Lipinski definition) is 3. The zero-order valence-electron chi connectivity index (χ0n) is 20.2. The number of unbranched alkanes of at least 4 members (excludes halogenated alkanes) is 1. The fourth-order valence-electron chi connectivity index (χ4n) is 3.79. The molecule has 3 rings (SSSR count). The van der Waals surface area contributed by atoms with Crippen LogP contribution >= 0.6 is 23.4 Å². The summed E-state index contributed by atoms with van der Waals surface area (Å²) in [4.78, 5) is 29.8. The molecule has 6 heteroatoms. The van der Waals surface area contributed by atoms with E-state index in [-0.39, 0.29) is 18.4 Å². The average molecular weight is 509 g/mol. The summed E-state index contributed by atoms with van der Waals surface area (Å²) in [5.74, 6) is 0.454. The smallest absolute Gasteiger partial charge is 0.243 e. The third-order valence-electron chi connectivity index (χ3n) is 5.73. The zero-order valence-corrected chi connectivity index (χ0v) is 21.7. The van der Waals surface area contributed by atoms with Gasteiger partial charge in [-0.3, -0.25) is 9.59 Å². The van der Waals surface area contributed by atoms with Crippen molar-refractivity contribution in [2.75, 3.05) is 12.3 Å². The summed E-state index contributed by atoms with van der Waals surface area (Å²) in [5, 5.41) is 3.64. The van der Waals surface area contributed by atoms with Crippen molar-refractivity contribution >= 4 is 35.2 Å². The van der Waals surface area contributed by atoms with Gasteiger partial charge in [-0.1, -0.05) is 91.7 Å². The number of carbonyl (C=O) groups is 2. The molecule has 1 unspecified atom stereocenters. The molecule has 3 aromatic carbocycles. The van der Waals surface area contributed by atoms with Gasteiger partial charge in [-0.2, -0.15) is 0 Å². The molecule has 0 fully saturated rings. The largest absolute Gasteiger partial charge is 0.354 e. The van der Waals surface area contributed by atoms with Gasteiger partial charge >= 0.3 is 0 Å². The fraction of sp³-hybridized carbons (Fsp3) is 0.310. The minimum atomic E-state index is -0.625. The number of halogens is 1. The summed E-state index contributed by atoms with van der Waals surface area (Å²) < 4.78 is 0. The van der Waals surface area contributed by atoms with Gasteiger partial charge in [0.15, 0.2) is 0 Å². The van der Waals surface area contributed by atoms with Crippen molar-refractivity contribution in [3.05, 3.63) is 101 Å². The van der Waals surface area contributed by atoms with E-state index in [1.165, 1.54) is 0 Å². The van der Waals surface area contributed by atoms with Crippen LogP contribution in [-0.4, -0.2) is 35.1 Å². The van der Waals surface area contributed by atoms with Gasteiger partial charge in [-0.25, -0.2) is 0 Å². The SMILES string of the molecule is CCCCNC(=O)C(Cc1ccccc1)N(Cc1ccccc1Cl)C(=O)CCSc1ccccc1. The standard InChI is InChI=1S/C29H33ClN2O2S/c1-2-3-19-31-29(34)27(21-23-12-6-4-7-13-23)32(22-24-14-10-11-17-26(24)30)28(33)18-20-35-25-15-8-5-9-16-25/h4-17,27H,2-3,18-22H2,1H3,(H,31,34). The number of amides is 2. The van der Waals surface area contributed by atoms with Crippen LogP contribution in [0.25, 0.3) is 0 Å². The number of nitrogens with zero attached hydrogens (tertiary/aromatic N) is 1. The lowest BCUT2D eigenvalue weighted by Gasteiger charge is -2.32. The van der Waals surface area contributed by atoms with Crippen molar-refractivity contribution in [2.24, 2.45) is 0 Å². The summed E-state index contributed by atoms with van der Waals surface area (Å²) in [6.07, 6.45) is 2.66. The van der Waals surface area contributed by atoms with Crippen LogP contribution in [0.4, 0.5) is 0 Å². The molecule has 0 aliphatic carbocycles. The van der Waals surface area contributed by atoms with Gasteiger partial charge < -0.3 is 10.2 Å². The van der Waals surface area contributed by atoms with Crippen LogP contribution in [0, 0.1) is 0 Å². The van der Waals surface area contributed by atoms with E-state index in [4.69, 9.17) is 11.6 Å². The highest BCUT2D eigenvalue weighted by Crippen LogP contribution is 2.23. The van der Waals surface area contributed by atoms with Crippen LogP contribution in [0.5, 0.6) is 0 Å². The Morgan fingerprint density at radius 2 is 1.60 bits per heavy atom. The zero-order chi connectivity index (χ0) is 24.9. The lowest BCUT2D eigenvalue weighted by atomic mass is 10.0. The highest BCUT2D eigenvalue weighted by molar-refractivity contribution is 7.99. The Labute approximate surface area is 218 Å². The van der Waals surface area contributed by atoms with Gasteiger partial charge in [0.2, 0.25) is 11.8 Å². The van der Waals surface area contributed by atoms with Crippen LogP contribution in [0.3, 0.4) is 0 Å². The third kappa shape index (κ3) is 8.75. The van der Waals surface area contributed by atoms with E-state index in [2.05, 4.69) is 12.2 Å². The molecule has 0 radical (unpaired) electrons. The second kappa shape index (κ2) is 14.6. The first kappa shape index (κ1) is 26.8. The minimum Gasteiger partial charge on any atom is -0.354 e. The molecule has 0 aromatic heterocycles. The first-order chi connectivity index (χ1) is 17.1. The molecule has 0 aliphatic rings. The van der Waals surface area contributed by atoms with Crippen molar-refractivity contribution in [3.8, 4) is 0 Å². The molecule has 1 N–H and O–H groups in total. The first-order valence-electron chi connectivity index (χ1n) is 12.1. The molecule has 0 saturated heterocycles.